The van der Waals surface area contributed by atoms with E-state index < -0.39 is 24.5 Å². The molecule has 0 bridgehead atoms. The van der Waals surface area contributed by atoms with Crippen molar-refractivity contribution in [1.29, 1.82) is 0 Å². The summed E-state index contributed by atoms with van der Waals surface area (Å²) in [5.74, 6) is 5.22. The minimum Gasteiger partial charge on any atom is -0.418 e. The first kappa shape index (κ1) is 57.7. The second-order valence-corrected chi connectivity index (χ2v) is 21.3. The standard InChI is InChI=1S/2C23H19O3P.C8H12.2CH2Cl2.BF4.Rh/c2*1-2-8-18(9-3-1)24-27-25-19-10-4-6-16-12-14-23(21(16)19)15-13-17-7-5-11-20(26-27)22(17)23;1-2-4-6-8-7-5-3-1;2*2-1-3;2-1(3,4)5;/h2*1-11H,12-15H2;1-2,7-8H,3-6H2;2*1H2;;/q;;;;;-1;/b;;2-1-,8-7-;;;;. The molecule has 0 saturated heterocycles. The summed E-state index contributed by atoms with van der Waals surface area (Å²) in [5.41, 5.74) is 11.2. The first-order valence-corrected chi connectivity index (χ1v) is 28.5. The molecule has 6 nitrogen and oxygen atoms in total. The van der Waals surface area contributed by atoms with Crippen molar-refractivity contribution < 1.29 is 63.9 Å². The number of allylic oxidation sites excluding steroid dienone is 4. The van der Waals surface area contributed by atoms with E-state index in [1.807, 2.05) is 60.7 Å². The number of rotatable bonds is 4. The van der Waals surface area contributed by atoms with Crippen LogP contribution in [0.4, 0.5) is 17.3 Å². The normalized spacial score (nSPS) is 18.6. The van der Waals surface area contributed by atoms with Gasteiger partial charge in [0, 0.05) is 52.6 Å². The summed E-state index contributed by atoms with van der Waals surface area (Å²) in [4.78, 5) is 0. The van der Waals surface area contributed by atoms with Gasteiger partial charge in [0.2, 0.25) is 0 Å². The average molecular weight is 1220 g/mol. The third-order valence-corrected chi connectivity index (χ3v) is 15.6. The first-order chi connectivity index (χ1) is 35.5. The fraction of sp³-hybridized carbons (Fsp3) is 0.286. The van der Waals surface area contributed by atoms with Gasteiger partial charge >= 0.3 is 24.5 Å². The van der Waals surface area contributed by atoms with Crippen molar-refractivity contribution >= 4 is 70.9 Å². The Morgan fingerprint density at radius 3 is 0.892 bits per heavy atom. The van der Waals surface area contributed by atoms with Crippen LogP contribution in [0.15, 0.2) is 158 Å². The molecule has 2 spiro atoms. The molecule has 0 aromatic heterocycles. The molecule has 7 aliphatic rings. The third-order valence-electron chi connectivity index (χ3n) is 13.5. The van der Waals surface area contributed by atoms with Crippen LogP contribution in [-0.4, -0.2) is 17.9 Å². The van der Waals surface area contributed by atoms with Crippen LogP contribution < -0.4 is 27.1 Å². The van der Waals surface area contributed by atoms with E-state index in [-0.39, 0.29) is 41.0 Å². The number of halogens is 8. The van der Waals surface area contributed by atoms with Gasteiger partial charge in [-0.05, 0) is 148 Å². The largest absolute Gasteiger partial charge is 0.673 e. The topological polar surface area (TPSA) is 55.4 Å². The predicted molar refractivity (Wildman–Crippen MR) is 291 cm³/mol. The van der Waals surface area contributed by atoms with Crippen molar-refractivity contribution in [2.24, 2.45) is 0 Å². The smallest absolute Gasteiger partial charge is 0.418 e. The Balaban J connectivity index is 0.000000160. The molecule has 6 aromatic carbocycles. The van der Waals surface area contributed by atoms with E-state index in [9.17, 15) is 17.3 Å². The Labute approximate surface area is 466 Å². The van der Waals surface area contributed by atoms with Gasteiger partial charge in [-0.3, -0.25) is 0 Å². The van der Waals surface area contributed by atoms with Crippen LogP contribution in [0.1, 0.15) is 95.9 Å². The van der Waals surface area contributed by atoms with Gasteiger partial charge in [0.25, 0.3) is 0 Å². The Bertz CT molecular complexity index is 2510. The molecule has 0 amide bonds. The number of alkyl halides is 4. The van der Waals surface area contributed by atoms with Gasteiger partial charge in [0.15, 0.2) is 0 Å². The van der Waals surface area contributed by atoms with Crippen LogP contribution in [0.3, 0.4) is 0 Å². The maximum absolute atomic E-state index is 9.75. The third kappa shape index (κ3) is 13.9. The van der Waals surface area contributed by atoms with Crippen LogP contribution >= 0.6 is 63.6 Å². The molecule has 393 valence electrons. The molecule has 2 aliphatic heterocycles. The van der Waals surface area contributed by atoms with Crippen LogP contribution in [0.5, 0.6) is 34.5 Å². The SMILES string of the molecule is C1=C\CC/C=C\CC/1.ClCCl.ClCCl.F[B-](F)(F)F.[Rh].c1ccc(OP2Oc3cccc4c3C3(CC4)CCc4cccc(c43)O2)cc1.c1ccc(OP2Oc3cccc4c3C3(CC4)CCc4cccc(c43)O2)cc1. The molecule has 0 atom stereocenters. The van der Waals surface area contributed by atoms with Crippen molar-refractivity contribution in [1.82, 2.24) is 0 Å². The molecule has 2 heterocycles. The Hall–Kier alpha value is -3.97. The van der Waals surface area contributed by atoms with E-state index >= 15 is 0 Å². The maximum atomic E-state index is 9.75. The number of benzene rings is 6. The fourth-order valence-corrected chi connectivity index (χ4v) is 13.0. The van der Waals surface area contributed by atoms with E-state index in [1.165, 1.54) is 70.2 Å². The zero-order valence-electron chi connectivity index (χ0n) is 40.2. The molecule has 13 rings (SSSR count). The molecule has 0 fully saturated rings. The Morgan fingerprint density at radius 1 is 0.405 bits per heavy atom. The van der Waals surface area contributed by atoms with Gasteiger partial charge in [-0.15, -0.1) is 46.4 Å². The summed E-state index contributed by atoms with van der Waals surface area (Å²) in [7, 11) is -9.15. The first-order valence-electron chi connectivity index (χ1n) is 24.2. The summed E-state index contributed by atoms with van der Waals surface area (Å²) >= 11 is 19.1. The second kappa shape index (κ2) is 27.4. The second-order valence-electron chi connectivity index (χ2n) is 17.7. The van der Waals surface area contributed by atoms with E-state index in [0.29, 0.717) is 0 Å². The number of hydrogen-bond donors (Lipinski definition) is 0. The zero-order valence-corrected chi connectivity index (χ0v) is 46.6. The van der Waals surface area contributed by atoms with Crippen molar-refractivity contribution in [3.63, 3.8) is 0 Å². The molecule has 5 aliphatic carbocycles. The van der Waals surface area contributed by atoms with E-state index in [4.69, 9.17) is 73.5 Å². The quantitative estimate of drug-likeness (QED) is 0.0576. The summed E-state index contributed by atoms with van der Waals surface area (Å²) in [6.45, 7) is 0. The molecule has 18 heteroatoms. The van der Waals surface area contributed by atoms with Crippen molar-refractivity contribution in [2.45, 2.75) is 87.9 Å². The van der Waals surface area contributed by atoms with Gasteiger partial charge < -0.3 is 44.4 Å². The van der Waals surface area contributed by atoms with Crippen molar-refractivity contribution in [2.75, 3.05) is 10.7 Å². The number of hydrogen-bond acceptors (Lipinski definition) is 6. The van der Waals surface area contributed by atoms with Crippen LogP contribution in [0.25, 0.3) is 0 Å². The zero-order chi connectivity index (χ0) is 51.3. The predicted octanol–water partition coefficient (Wildman–Crippen LogP) is 18.7. The Kier molecular flexibility index (Phi) is 21.4. The summed E-state index contributed by atoms with van der Waals surface area (Å²) in [5, 5.41) is 0.389. The summed E-state index contributed by atoms with van der Waals surface area (Å²) in [6.07, 6.45) is 22.9. The summed E-state index contributed by atoms with van der Waals surface area (Å²) < 4.78 is 76.7. The molecule has 6 aromatic rings. The number of aryl methyl sites for hydroxylation is 4. The van der Waals surface area contributed by atoms with Crippen molar-refractivity contribution in [3.8, 4) is 34.5 Å². The maximum Gasteiger partial charge on any atom is 0.673 e. The molecular weight excluding hydrogens is 1160 g/mol. The molecular formula is C56H54BCl4F4O6P2Rh-. The molecule has 1 radical (unpaired) electrons. The summed E-state index contributed by atoms with van der Waals surface area (Å²) in [6, 6.07) is 45.2. The molecule has 74 heavy (non-hydrogen) atoms. The fourth-order valence-electron chi connectivity index (χ4n) is 10.9. The molecule has 0 unspecified atom stereocenters. The van der Waals surface area contributed by atoms with Crippen LogP contribution in [0, 0.1) is 0 Å². The van der Waals surface area contributed by atoms with Gasteiger partial charge in [-0.2, -0.15) is 0 Å². The Morgan fingerprint density at radius 2 is 0.649 bits per heavy atom. The van der Waals surface area contributed by atoms with Crippen molar-refractivity contribution in [3.05, 3.63) is 202 Å². The molecule has 0 N–H and O–H groups in total. The number of para-hydroxylation sites is 2. The van der Waals surface area contributed by atoms with Crippen LogP contribution in [0.2, 0.25) is 0 Å². The van der Waals surface area contributed by atoms with Gasteiger partial charge in [0.05, 0.1) is 10.7 Å². The van der Waals surface area contributed by atoms with E-state index in [1.54, 1.807) is 0 Å². The van der Waals surface area contributed by atoms with E-state index in [0.717, 1.165) is 85.9 Å². The minimum atomic E-state index is -6.00. The molecule has 0 saturated carbocycles. The van der Waals surface area contributed by atoms with Gasteiger partial charge in [0.1, 0.15) is 34.5 Å². The van der Waals surface area contributed by atoms with E-state index in [2.05, 4.69) is 97.1 Å². The van der Waals surface area contributed by atoms with Crippen LogP contribution in [-0.2, 0) is 56.0 Å². The minimum absolute atomic E-state index is 0. The average Bonchev–Trinajstić information content (AvgIpc) is 4.15. The van der Waals surface area contributed by atoms with Gasteiger partial charge in [-0.25, -0.2) is 0 Å². The van der Waals surface area contributed by atoms with Gasteiger partial charge in [-0.1, -0.05) is 109 Å². The monoisotopic (exact) mass is 1210 g/mol.